The zero-order valence-electron chi connectivity index (χ0n) is 7.41. The van der Waals surface area contributed by atoms with Crippen LogP contribution in [0.4, 0.5) is 0 Å². The maximum atomic E-state index is 4.36. The molecule has 0 unspecified atom stereocenters. The van der Waals surface area contributed by atoms with Crippen LogP contribution in [0.15, 0.2) is 17.3 Å². The van der Waals surface area contributed by atoms with Gasteiger partial charge in [0.15, 0.2) is 0 Å². The van der Waals surface area contributed by atoms with E-state index in [0.717, 1.165) is 6.54 Å². The van der Waals surface area contributed by atoms with Crippen LogP contribution in [0, 0.1) is 0 Å². The summed E-state index contributed by atoms with van der Waals surface area (Å²) in [5.41, 5.74) is 3.66. The molecule has 0 N–H and O–H groups in total. The number of fused-ring (bicyclic) bond motifs is 1. The monoisotopic (exact) mass is 160 g/mol. The van der Waals surface area contributed by atoms with Gasteiger partial charge in [0.2, 0.25) is 0 Å². The summed E-state index contributed by atoms with van der Waals surface area (Å²) in [6.45, 7) is 5.15. The summed E-state index contributed by atoms with van der Waals surface area (Å²) in [6.07, 6.45) is 3.81. The molecule has 0 atom stereocenters. The van der Waals surface area contributed by atoms with Gasteiger partial charge in [-0.15, -0.1) is 0 Å². The predicted octanol–water partition coefficient (Wildman–Crippen LogP) is 2.14. The minimum absolute atomic E-state index is 0.510. The van der Waals surface area contributed by atoms with Crippen LogP contribution < -0.4 is 0 Å². The van der Waals surface area contributed by atoms with Gasteiger partial charge in [0.05, 0.1) is 6.54 Å². The SMILES string of the molecule is CC(C)c1cc2c(cn1)C=NC2. The van der Waals surface area contributed by atoms with Crippen LogP contribution in [0.5, 0.6) is 0 Å². The van der Waals surface area contributed by atoms with Crippen molar-refractivity contribution in [2.75, 3.05) is 0 Å². The first-order valence-electron chi connectivity index (χ1n) is 4.26. The third kappa shape index (κ3) is 1.13. The van der Waals surface area contributed by atoms with Crippen molar-refractivity contribution in [1.82, 2.24) is 4.98 Å². The van der Waals surface area contributed by atoms with Crippen molar-refractivity contribution in [2.45, 2.75) is 26.3 Å². The quantitative estimate of drug-likeness (QED) is 0.617. The van der Waals surface area contributed by atoms with E-state index in [-0.39, 0.29) is 0 Å². The van der Waals surface area contributed by atoms with Crippen molar-refractivity contribution < 1.29 is 0 Å². The van der Waals surface area contributed by atoms with Gasteiger partial charge in [-0.1, -0.05) is 13.8 Å². The fraction of sp³-hybridized carbons (Fsp3) is 0.400. The van der Waals surface area contributed by atoms with E-state index >= 15 is 0 Å². The van der Waals surface area contributed by atoms with Crippen LogP contribution in [0.1, 0.15) is 36.6 Å². The minimum Gasteiger partial charge on any atom is -0.288 e. The molecule has 0 spiro atoms. The Balaban J connectivity index is 2.42. The maximum Gasteiger partial charge on any atom is 0.0647 e. The second-order valence-corrected chi connectivity index (χ2v) is 3.43. The van der Waals surface area contributed by atoms with Crippen molar-refractivity contribution in [2.24, 2.45) is 4.99 Å². The van der Waals surface area contributed by atoms with Crippen LogP contribution in [0.3, 0.4) is 0 Å². The number of nitrogens with zero attached hydrogens (tertiary/aromatic N) is 2. The zero-order valence-corrected chi connectivity index (χ0v) is 7.41. The topological polar surface area (TPSA) is 25.2 Å². The normalized spacial score (nSPS) is 13.9. The number of hydrogen-bond acceptors (Lipinski definition) is 2. The van der Waals surface area contributed by atoms with Crippen molar-refractivity contribution in [3.63, 3.8) is 0 Å². The molecule has 1 aliphatic heterocycles. The standard InChI is InChI=1S/C10H12N2/c1-7(2)10-3-8-4-11-5-9(8)6-12-10/h3,5-7H,4H2,1-2H3. The van der Waals surface area contributed by atoms with Gasteiger partial charge in [-0.25, -0.2) is 0 Å². The van der Waals surface area contributed by atoms with E-state index in [4.69, 9.17) is 0 Å². The Morgan fingerprint density at radius 3 is 3.00 bits per heavy atom. The Bertz CT molecular complexity index is 327. The van der Waals surface area contributed by atoms with Gasteiger partial charge in [-0.3, -0.25) is 9.98 Å². The molecule has 0 aliphatic carbocycles. The first-order valence-corrected chi connectivity index (χ1v) is 4.26. The van der Waals surface area contributed by atoms with Gasteiger partial charge < -0.3 is 0 Å². The molecule has 0 amide bonds. The molecule has 2 heteroatoms. The van der Waals surface area contributed by atoms with Crippen LogP contribution in [-0.2, 0) is 6.54 Å². The highest BCUT2D eigenvalue weighted by Crippen LogP contribution is 2.18. The Kier molecular flexibility index (Phi) is 1.68. The van der Waals surface area contributed by atoms with E-state index in [9.17, 15) is 0 Å². The average molecular weight is 160 g/mol. The molecule has 2 heterocycles. The third-order valence-corrected chi connectivity index (χ3v) is 2.13. The molecule has 2 nitrogen and oxygen atoms in total. The molecule has 2 rings (SSSR count). The molecular weight excluding hydrogens is 148 g/mol. The molecule has 1 aliphatic rings. The highest BCUT2D eigenvalue weighted by atomic mass is 14.8. The van der Waals surface area contributed by atoms with E-state index < -0.39 is 0 Å². The average Bonchev–Trinajstić information content (AvgIpc) is 2.49. The Hall–Kier alpha value is -1.18. The number of rotatable bonds is 1. The Labute approximate surface area is 72.4 Å². The van der Waals surface area contributed by atoms with Crippen molar-refractivity contribution >= 4 is 6.21 Å². The summed E-state index contributed by atoms with van der Waals surface area (Å²) >= 11 is 0. The van der Waals surface area contributed by atoms with E-state index in [1.165, 1.54) is 16.8 Å². The Morgan fingerprint density at radius 1 is 1.42 bits per heavy atom. The van der Waals surface area contributed by atoms with Gasteiger partial charge in [0.25, 0.3) is 0 Å². The van der Waals surface area contributed by atoms with Gasteiger partial charge in [-0.2, -0.15) is 0 Å². The molecular formula is C10H12N2. The first kappa shape index (κ1) is 7.47. The van der Waals surface area contributed by atoms with Crippen molar-refractivity contribution in [1.29, 1.82) is 0 Å². The molecule has 1 aromatic heterocycles. The van der Waals surface area contributed by atoms with Gasteiger partial charge in [-0.05, 0) is 17.5 Å². The lowest BCUT2D eigenvalue weighted by atomic mass is 10.1. The lowest BCUT2D eigenvalue weighted by molar-refractivity contribution is 0.818. The summed E-state index contributed by atoms with van der Waals surface area (Å²) in [6, 6.07) is 2.16. The van der Waals surface area contributed by atoms with E-state index in [2.05, 4.69) is 29.9 Å². The second-order valence-electron chi connectivity index (χ2n) is 3.43. The second kappa shape index (κ2) is 2.70. The van der Waals surface area contributed by atoms with Crippen LogP contribution in [0.2, 0.25) is 0 Å². The molecule has 12 heavy (non-hydrogen) atoms. The zero-order chi connectivity index (χ0) is 8.55. The lowest BCUT2D eigenvalue weighted by Gasteiger charge is -2.05. The third-order valence-electron chi connectivity index (χ3n) is 2.13. The number of hydrogen-bond donors (Lipinski definition) is 0. The van der Waals surface area contributed by atoms with Crippen molar-refractivity contribution in [3.05, 3.63) is 29.1 Å². The molecule has 0 radical (unpaired) electrons. The molecule has 62 valence electrons. The van der Waals surface area contributed by atoms with E-state index in [1.807, 2.05) is 12.4 Å². The van der Waals surface area contributed by atoms with Crippen LogP contribution in [0.25, 0.3) is 0 Å². The minimum atomic E-state index is 0.510. The van der Waals surface area contributed by atoms with Gasteiger partial charge in [0, 0.05) is 23.7 Å². The van der Waals surface area contributed by atoms with Crippen LogP contribution in [-0.4, -0.2) is 11.2 Å². The summed E-state index contributed by atoms with van der Waals surface area (Å²) < 4.78 is 0. The van der Waals surface area contributed by atoms with E-state index in [1.54, 1.807) is 0 Å². The smallest absolute Gasteiger partial charge is 0.0647 e. The Morgan fingerprint density at radius 2 is 2.25 bits per heavy atom. The molecule has 0 bridgehead atoms. The molecule has 0 aromatic carbocycles. The highest BCUT2D eigenvalue weighted by molar-refractivity contribution is 5.83. The summed E-state index contributed by atoms with van der Waals surface area (Å²) in [4.78, 5) is 8.55. The number of aromatic nitrogens is 1. The van der Waals surface area contributed by atoms with Gasteiger partial charge >= 0.3 is 0 Å². The lowest BCUT2D eigenvalue weighted by Crippen LogP contribution is -1.95. The van der Waals surface area contributed by atoms with Crippen LogP contribution >= 0.6 is 0 Å². The number of aliphatic imine (C=N–C) groups is 1. The summed E-state index contributed by atoms with van der Waals surface area (Å²) in [5, 5.41) is 0. The summed E-state index contributed by atoms with van der Waals surface area (Å²) in [7, 11) is 0. The largest absolute Gasteiger partial charge is 0.288 e. The highest BCUT2D eigenvalue weighted by Gasteiger charge is 2.08. The number of pyridine rings is 1. The molecule has 0 saturated heterocycles. The molecule has 1 aromatic rings. The first-order chi connectivity index (χ1) is 5.77. The predicted molar refractivity (Wildman–Crippen MR) is 49.6 cm³/mol. The summed E-state index contributed by atoms with van der Waals surface area (Å²) in [5.74, 6) is 0.510. The van der Waals surface area contributed by atoms with E-state index in [0.29, 0.717) is 5.92 Å². The molecule has 0 saturated carbocycles. The van der Waals surface area contributed by atoms with Crippen molar-refractivity contribution in [3.8, 4) is 0 Å². The maximum absolute atomic E-state index is 4.36. The fourth-order valence-electron chi connectivity index (χ4n) is 1.34. The fourth-order valence-corrected chi connectivity index (χ4v) is 1.34. The van der Waals surface area contributed by atoms with Gasteiger partial charge in [0.1, 0.15) is 0 Å². The molecule has 0 fully saturated rings.